The second kappa shape index (κ2) is 7.40. The van der Waals surface area contributed by atoms with Crippen LogP contribution in [-0.2, 0) is 16.1 Å². The molecule has 0 spiro atoms. The van der Waals surface area contributed by atoms with Gasteiger partial charge in [0.15, 0.2) is 0 Å². The number of amides is 1. The van der Waals surface area contributed by atoms with Gasteiger partial charge in [-0.25, -0.2) is 4.98 Å². The third-order valence-electron chi connectivity index (χ3n) is 3.66. The molecule has 0 unspecified atom stereocenters. The van der Waals surface area contributed by atoms with Gasteiger partial charge in [-0.1, -0.05) is 0 Å². The molecule has 0 radical (unpaired) electrons. The van der Waals surface area contributed by atoms with Crippen molar-refractivity contribution in [3.8, 4) is 0 Å². The Morgan fingerprint density at radius 3 is 3.15 bits per heavy atom. The van der Waals surface area contributed by atoms with Crippen molar-refractivity contribution in [2.75, 3.05) is 32.9 Å². The number of aromatic nitrogens is 2. The van der Waals surface area contributed by atoms with Crippen molar-refractivity contribution < 1.29 is 14.6 Å². The third kappa shape index (κ3) is 4.05. The summed E-state index contributed by atoms with van der Waals surface area (Å²) in [4.78, 5) is 18.2. The van der Waals surface area contributed by atoms with Gasteiger partial charge in [-0.3, -0.25) is 4.79 Å². The molecule has 1 fully saturated rings. The fourth-order valence-corrected chi connectivity index (χ4v) is 2.42. The van der Waals surface area contributed by atoms with Crippen molar-refractivity contribution in [1.29, 1.82) is 0 Å². The van der Waals surface area contributed by atoms with Crippen LogP contribution in [0.3, 0.4) is 0 Å². The first-order chi connectivity index (χ1) is 9.70. The molecule has 6 nitrogen and oxygen atoms in total. The molecule has 20 heavy (non-hydrogen) atoms. The van der Waals surface area contributed by atoms with E-state index in [4.69, 9.17) is 4.74 Å². The van der Waals surface area contributed by atoms with Gasteiger partial charge in [0.2, 0.25) is 5.91 Å². The zero-order chi connectivity index (χ0) is 14.4. The van der Waals surface area contributed by atoms with Crippen LogP contribution in [0.25, 0.3) is 0 Å². The molecular formula is C14H23N3O3. The van der Waals surface area contributed by atoms with Crippen molar-refractivity contribution in [2.45, 2.75) is 26.3 Å². The van der Waals surface area contributed by atoms with E-state index in [2.05, 4.69) is 9.55 Å². The molecule has 2 heterocycles. The minimum atomic E-state index is 0.0392. The van der Waals surface area contributed by atoms with Gasteiger partial charge in [-0.05, 0) is 13.3 Å². The molecule has 0 aromatic carbocycles. The Kier molecular flexibility index (Phi) is 5.55. The van der Waals surface area contributed by atoms with Crippen LogP contribution in [-0.4, -0.2) is 58.4 Å². The van der Waals surface area contributed by atoms with E-state index in [1.54, 1.807) is 6.20 Å². The Hall–Kier alpha value is -1.40. The van der Waals surface area contributed by atoms with Crippen molar-refractivity contribution in [2.24, 2.45) is 5.92 Å². The highest BCUT2D eigenvalue weighted by Gasteiger charge is 2.21. The topological polar surface area (TPSA) is 67.6 Å². The van der Waals surface area contributed by atoms with E-state index in [1.165, 1.54) is 0 Å². The third-order valence-corrected chi connectivity index (χ3v) is 3.66. The first kappa shape index (κ1) is 15.0. The van der Waals surface area contributed by atoms with Gasteiger partial charge >= 0.3 is 0 Å². The molecular weight excluding hydrogens is 258 g/mol. The van der Waals surface area contributed by atoms with E-state index in [9.17, 15) is 9.90 Å². The van der Waals surface area contributed by atoms with Gasteiger partial charge in [0.05, 0.1) is 13.2 Å². The lowest BCUT2D eigenvalue weighted by Gasteiger charge is -2.22. The summed E-state index contributed by atoms with van der Waals surface area (Å²) < 4.78 is 7.44. The monoisotopic (exact) mass is 281 g/mol. The maximum Gasteiger partial charge on any atom is 0.222 e. The quantitative estimate of drug-likeness (QED) is 0.850. The molecule has 1 aliphatic rings. The predicted octanol–water partition coefficient (Wildman–Crippen LogP) is 0.439. The first-order valence-corrected chi connectivity index (χ1v) is 7.15. The molecule has 1 aromatic rings. The summed E-state index contributed by atoms with van der Waals surface area (Å²) in [5, 5.41) is 9.22. The van der Waals surface area contributed by atoms with Gasteiger partial charge in [0, 0.05) is 51.0 Å². The number of aliphatic hydroxyl groups is 1. The van der Waals surface area contributed by atoms with Crippen molar-refractivity contribution in [3.63, 3.8) is 0 Å². The van der Waals surface area contributed by atoms with Crippen LogP contribution in [0, 0.1) is 12.8 Å². The van der Waals surface area contributed by atoms with Crippen LogP contribution in [0.4, 0.5) is 0 Å². The summed E-state index contributed by atoms with van der Waals surface area (Å²) in [6.45, 7) is 5.15. The summed E-state index contributed by atoms with van der Waals surface area (Å²) in [6, 6.07) is 0. The molecule has 1 atom stereocenters. The second-order valence-corrected chi connectivity index (χ2v) is 5.23. The number of carbonyl (C=O) groups excluding carboxylic acids is 1. The lowest BCUT2D eigenvalue weighted by molar-refractivity contribution is -0.131. The van der Waals surface area contributed by atoms with Crippen molar-refractivity contribution in [3.05, 3.63) is 18.2 Å². The molecule has 0 bridgehead atoms. The number of aryl methyl sites for hydroxylation is 2. The number of carbonyl (C=O) groups is 1. The van der Waals surface area contributed by atoms with E-state index in [-0.39, 0.29) is 18.4 Å². The van der Waals surface area contributed by atoms with Crippen LogP contribution in [0.5, 0.6) is 0 Å². The fraction of sp³-hybridized carbons (Fsp3) is 0.714. The van der Waals surface area contributed by atoms with Gasteiger partial charge in [-0.2, -0.15) is 0 Å². The molecule has 0 aliphatic carbocycles. The minimum absolute atomic E-state index is 0.0392. The van der Waals surface area contributed by atoms with Crippen molar-refractivity contribution in [1.82, 2.24) is 14.5 Å². The highest BCUT2D eigenvalue weighted by Crippen LogP contribution is 2.09. The van der Waals surface area contributed by atoms with Crippen LogP contribution in [0.2, 0.25) is 0 Å². The zero-order valence-corrected chi connectivity index (χ0v) is 12.0. The zero-order valence-electron chi connectivity index (χ0n) is 12.0. The number of hydrogen-bond donors (Lipinski definition) is 1. The van der Waals surface area contributed by atoms with E-state index >= 15 is 0 Å². The Balaban J connectivity index is 1.77. The fourth-order valence-electron chi connectivity index (χ4n) is 2.42. The molecule has 1 amide bonds. The molecule has 112 valence electrons. The molecule has 1 aromatic heterocycles. The highest BCUT2D eigenvalue weighted by molar-refractivity contribution is 5.76. The number of hydrogen-bond acceptors (Lipinski definition) is 4. The normalized spacial score (nSPS) is 19.9. The maximum absolute atomic E-state index is 12.2. The Morgan fingerprint density at radius 1 is 1.60 bits per heavy atom. The average molecular weight is 281 g/mol. The summed E-state index contributed by atoms with van der Waals surface area (Å²) in [5.41, 5.74) is 0. The number of nitrogens with zero attached hydrogens (tertiary/aromatic N) is 3. The molecule has 1 N–H and O–H groups in total. The van der Waals surface area contributed by atoms with Crippen LogP contribution >= 0.6 is 0 Å². The summed E-state index contributed by atoms with van der Waals surface area (Å²) in [7, 11) is 0. The number of imidazole rings is 1. The Labute approximate surface area is 119 Å². The van der Waals surface area contributed by atoms with E-state index in [0.29, 0.717) is 32.7 Å². The van der Waals surface area contributed by atoms with Crippen molar-refractivity contribution >= 4 is 5.91 Å². The SMILES string of the molecule is Cc1nccn1CCCC(=O)N1CCOC[C@H](CO)C1. The maximum atomic E-state index is 12.2. The average Bonchev–Trinajstić information content (AvgIpc) is 2.73. The van der Waals surface area contributed by atoms with Gasteiger partial charge in [-0.15, -0.1) is 0 Å². The van der Waals surface area contributed by atoms with Crippen LogP contribution in [0.15, 0.2) is 12.4 Å². The van der Waals surface area contributed by atoms with E-state index < -0.39 is 0 Å². The molecule has 1 aliphatic heterocycles. The Morgan fingerprint density at radius 2 is 2.45 bits per heavy atom. The van der Waals surface area contributed by atoms with E-state index in [0.717, 1.165) is 18.8 Å². The molecule has 1 saturated heterocycles. The lowest BCUT2D eigenvalue weighted by atomic mass is 10.1. The molecule has 0 saturated carbocycles. The summed E-state index contributed by atoms with van der Waals surface area (Å²) in [5.74, 6) is 1.16. The number of ether oxygens (including phenoxy) is 1. The molecule has 6 heteroatoms. The van der Waals surface area contributed by atoms with Gasteiger partial charge in [0.25, 0.3) is 0 Å². The summed E-state index contributed by atoms with van der Waals surface area (Å²) in [6.07, 6.45) is 5.03. The first-order valence-electron chi connectivity index (χ1n) is 7.15. The van der Waals surface area contributed by atoms with Crippen LogP contribution < -0.4 is 0 Å². The van der Waals surface area contributed by atoms with E-state index in [1.807, 2.05) is 18.0 Å². The number of aliphatic hydroxyl groups excluding tert-OH is 1. The minimum Gasteiger partial charge on any atom is -0.396 e. The predicted molar refractivity (Wildman–Crippen MR) is 74.2 cm³/mol. The van der Waals surface area contributed by atoms with Gasteiger partial charge < -0.3 is 19.3 Å². The summed E-state index contributed by atoms with van der Waals surface area (Å²) >= 11 is 0. The number of rotatable bonds is 5. The highest BCUT2D eigenvalue weighted by atomic mass is 16.5. The Bertz CT molecular complexity index is 433. The van der Waals surface area contributed by atoms with Crippen LogP contribution in [0.1, 0.15) is 18.7 Å². The standard InChI is InChI=1S/C14H23N3O3/c1-12-15-4-6-16(12)5-2-3-14(19)17-7-8-20-11-13(9-17)10-18/h4,6,13,18H,2-3,5,7-11H2,1H3/t13-/m0/s1. The largest absolute Gasteiger partial charge is 0.396 e. The second-order valence-electron chi connectivity index (χ2n) is 5.23. The van der Waals surface area contributed by atoms with Gasteiger partial charge in [0.1, 0.15) is 5.82 Å². The smallest absolute Gasteiger partial charge is 0.222 e. The molecule has 2 rings (SSSR count). The lowest BCUT2D eigenvalue weighted by Crippen LogP contribution is -2.36.